The van der Waals surface area contributed by atoms with Gasteiger partial charge in [0.05, 0.1) is 16.9 Å². The number of fused-ring (bicyclic) bond motifs is 1. The maximum atomic E-state index is 12.5. The van der Waals surface area contributed by atoms with Crippen molar-refractivity contribution in [1.82, 2.24) is 14.8 Å². The van der Waals surface area contributed by atoms with E-state index in [1.807, 2.05) is 62.4 Å². The molecule has 3 aromatic carbocycles. The Labute approximate surface area is 213 Å². The molecule has 4 N–H and O–H groups in total. The average molecular weight is 494 g/mol. The number of nitrogens with zero attached hydrogens (tertiary/aromatic N) is 3. The fourth-order valence-corrected chi connectivity index (χ4v) is 4.26. The van der Waals surface area contributed by atoms with Crippen molar-refractivity contribution in [2.75, 3.05) is 5.32 Å². The van der Waals surface area contributed by atoms with Crippen molar-refractivity contribution >= 4 is 34.4 Å². The van der Waals surface area contributed by atoms with E-state index < -0.39 is 0 Å². The molecule has 37 heavy (non-hydrogen) atoms. The molecule has 0 fully saturated rings. The fourth-order valence-electron chi connectivity index (χ4n) is 4.26. The van der Waals surface area contributed by atoms with Crippen molar-refractivity contribution < 1.29 is 15.0 Å². The average Bonchev–Trinajstić information content (AvgIpc) is 3.37. The van der Waals surface area contributed by atoms with E-state index in [2.05, 4.69) is 20.4 Å². The highest BCUT2D eigenvalue weighted by molar-refractivity contribution is 6.03. The van der Waals surface area contributed by atoms with Crippen molar-refractivity contribution in [3.63, 3.8) is 0 Å². The topological polar surface area (TPSA) is 116 Å². The van der Waals surface area contributed by atoms with Crippen molar-refractivity contribution in [3.05, 3.63) is 100 Å². The van der Waals surface area contributed by atoms with Gasteiger partial charge in [0.1, 0.15) is 11.4 Å². The summed E-state index contributed by atoms with van der Waals surface area (Å²) in [5.41, 5.74) is 6.91. The van der Waals surface area contributed by atoms with Gasteiger partial charge in [0, 0.05) is 35.9 Å². The van der Waals surface area contributed by atoms with Crippen molar-refractivity contribution in [1.29, 1.82) is 0 Å². The number of phenolic OH excluding ortho intramolecular Hbond substituents is 1. The lowest BCUT2D eigenvalue weighted by Crippen LogP contribution is -2.16. The van der Waals surface area contributed by atoms with E-state index >= 15 is 0 Å². The molecule has 2 heterocycles. The Morgan fingerprint density at radius 2 is 1.78 bits per heavy atom. The van der Waals surface area contributed by atoms with Crippen LogP contribution in [0.1, 0.15) is 38.4 Å². The van der Waals surface area contributed by atoms with E-state index in [0.29, 0.717) is 29.1 Å². The Bertz CT molecular complexity index is 1640. The third kappa shape index (κ3) is 5.08. The zero-order chi connectivity index (χ0) is 26.1. The molecule has 0 unspecified atom stereocenters. The second kappa shape index (κ2) is 9.66. The lowest BCUT2D eigenvalue weighted by Gasteiger charge is -2.07. The number of benzene rings is 3. The minimum Gasteiger partial charge on any atom is -0.508 e. The summed E-state index contributed by atoms with van der Waals surface area (Å²) in [7, 11) is 1.75. The first-order chi connectivity index (χ1) is 17.8. The molecule has 0 aliphatic rings. The van der Waals surface area contributed by atoms with Crippen LogP contribution >= 0.6 is 0 Å². The van der Waals surface area contributed by atoms with Crippen LogP contribution in [0.15, 0.2) is 71.7 Å². The second-order valence-electron chi connectivity index (χ2n) is 9.12. The van der Waals surface area contributed by atoms with E-state index in [-0.39, 0.29) is 17.5 Å². The number of carbonyl (C=O) groups excluding carboxylic acids is 1. The van der Waals surface area contributed by atoms with Gasteiger partial charge < -0.3 is 20.5 Å². The van der Waals surface area contributed by atoms with E-state index in [9.17, 15) is 15.0 Å². The predicted octanol–water partition coefficient (Wildman–Crippen LogP) is 5.52. The number of aryl methyl sites for hydroxylation is 3. The molecule has 2 aromatic heterocycles. The summed E-state index contributed by atoms with van der Waals surface area (Å²) in [6.45, 7) is 3.67. The summed E-state index contributed by atoms with van der Waals surface area (Å²) in [6, 6.07) is 20.7. The number of hydrogen-bond acceptors (Lipinski definition) is 5. The van der Waals surface area contributed by atoms with Gasteiger partial charge in [0.25, 0.3) is 5.91 Å². The van der Waals surface area contributed by atoms with Crippen LogP contribution in [0.25, 0.3) is 10.9 Å². The summed E-state index contributed by atoms with van der Waals surface area (Å²) in [4.78, 5) is 20.0. The molecule has 0 aliphatic heterocycles. The molecule has 186 valence electrons. The lowest BCUT2D eigenvalue weighted by molar-refractivity contribution is 0.101. The number of hydrogen-bond donors (Lipinski definition) is 4. The Morgan fingerprint density at radius 1 is 1.03 bits per heavy atom. The lowest BCUT2D eigenvalue weighted by atomic mass is 10.0. The standard InChI is InChI=1S/C29H27N5O3/c1-17-4-8-22(15-27(17)35)30-16-24-23-14-20(7-11-25(23)32-28(24)36)13-19-5-9-21(10-6-19)31-29(37)26-12-18(2)33-34(26)3/h4-12,14-16,32,35-36H,13H2,1-3H3,(H,31,37). The highest BCUT2D eigenvalue weighted by atomic mass is 16.3. The first-order valence-corrected chi connectivity index (χ1v) is 11.8. The molecule has 0 saturated heterocycles. The quantitative estimate of drug-likeness (QED) is 0.233. The van der Waals surface area contributed by atoms with Gasteiger partial charge in [-0.05, 0) is 73.4 Å². The largest absolute Gasteiger partial charge is 0.508 e. The molecule has 8 nitrogen and oxygen atoms in total. The maximum Gasteiger partial charge on any atom is 0.273 e. The molecule has 0 saturated carbocycles. The van der Waals surface area contributed by atoms with Crippen LogP contribution in [0.3, 0.4) is 0 Å². The number of H-pyrrole nitrogens is 1. The van der Waals surface area contributed by atoms with E-state index in [1.165, 1.54) is 0 Å². The Morgan fingerprint density at radius 3 is 2.49 bits per heavy atom. The van der Waals surface area contributed by atoms with Gasteiger partial charge >= 0.3 is 0 Å². The van der Waals surface area contributed by atoms with Gasteiger partial charge in [-0.15, -0.1) is 0 Å². The maximum absolute atomic E-state index is 12.5. The van der Waals surface area contributed by atoms with Crippen LogP contribution in [0.2, 0.25) is 0 Å². The summed E-state index contributed by atoms with van der Waals surface area (Å²) in [5, 5.41) is 28.4. The SMILES string of the molecule is Cc1cc(C(=O)Nc2ccc(Cc3ccc4[nH]c(O)c(C=Nc5ccc(C)c(O)c5)c4c3)cc2)n(C)n1. The number of aromatic nitrogens is 3. The molecule has 0 radical (unpaired) electrons. The fraction of sp³-hybridized carbons (Fsp3) is 0.138. The predicted molar refractivity (Wildman–Crippen MR) is 145 cm³/mol. The van der Waals surface area contributed by atoms with Gasteiger partial charge in [-0.1, -0.05) is 24.3 Å². The zero-order valence-corrected chi connectivity index (χ0v) is 20.8. The van der Waals surface area contributed by atoms with Crippen LogP contribution in [0, 0.1) is 13.8 Å². The molecule has 5 aromatic rings. The number of aliphatic imine (C=N–C) groups is 1. The summed E-state index contributed by atoms with van der Waals surface area (Å²) >= 11 is 0. The summed E-state index contributed by atoms with van der Waals surface area (Å²) < 4.78 is 1.57. The van der Waals surface area contributed by atoms with Crippen LogP contribution in [0.4, 0.5) is 11.4 Å². The molecular weight excluding hydrogens is 466 g/mol. The Kier molecular flexibility index (Phi) is 6.23. The molecule has 5 rings (SSSR count). The van der Waals surface area contributed by atoms with E-state index in [1.54, 1.807) is 36.1 Å². The number of phenols is 1. The number of aromatic amines is 1. The van der Waals surface area contributed by atoms with E-state index in [0.717, 1.165) is 33.3 Å². The monoisotopic (exact) mass is 493 g/mol. The van der Waals surface area contributed by atoms with Crippen molar-refractivity contribution in [2.24, 2.45) is 12.0 Å². The highest BCUT2D eigenvalue weighted by Crippen LogP contribution is 2.29. The highest BCUT2D eigenvalue weighted by Gasteiger charge is 2.13. The van der Waals surface area contributed by atoms with Crippen LogP contribution in [-0.2, 0) is 13.5 Å². The zero-order valence-electron chi connectivity index (χ0n) is 20.8. The molecule has 0 atom stereocenters. The van der Waals surface area contributed by atoms with Crippen LogP contribution in [-0.4, -0.2) is 37.1 Å². The molecule has 0 aliphatic carbocycles. The van der Waals surface area contributed by atoms with Crippen LogP contribution < -0.4 is 5.32 Å². The van der Waals surface area contributed by atoms with Crippen LogP contribution in [0.5, 0.6) is 11.6 Å². The van der Waals surface area contributed by atoms with Gasteiger partial charge in [0.2, 0.25) is 0 Å². The van der Waals surface area contributed by atoms with E-state index in [4.69, 9.17) is 0 Å². The Hall–Kier alpha value is -4.85. The number of nitrogens with one attached hydrogen (secondary N) is 2. The smallest absolute Gasteiger partial charge is 0.273 e. The first-order valence-electron chi connectivity index (χ1n) is 11.8. The number of amides is 1. The molecular formula is C29H27N5O3. The summed E-state index contributed by atoms with van der Waals surface area (Å²) in [5.74, 6) is 0.0114. The second-order valence-corrected chi connectivity index (χ2v) is 9.12. The minimum atomic E-state index is -0.205. The number of carbonyl (C=O) groups is 1. The first kappa shape index (κ1) is 23.9. The number of rotatable bonds is 6. The molecule has 8 heteroatoms. The number of anilines is 1. The van der Waals surface area contributed by atoms with Crippen molar-refractivity contribution in [2.45, 2.75) is 20.3 Å². The molecule has 0 spiro atoms. The molecule has 0 bridgehead atoms. The Balaban J connectivity index is 1.33. The van der Waals surface area contributed by atoms with Gasteiger partial charge in [-0.3, -0.25) is 14.5 Å². The summed E-state index contributed by atoms with van der Waals surface area (Å²) in [6.07, 6.45) is 2.28. The van der Waals surface area contributed by atoms with Gasteiger partial charge in [0.15, 0.2) is 5.88 Å². The third-order valence-corrected chi connectivity index (χ3v) is 6.27. The van der Waals surface area contributed by atoms with Gasteiger partial charge in [-0.2, -0.15) is 5.10 Å². The van der Waals surface area contributed by atoms with Crippen molar-refractivity contribution in [3.8, 4) is 11.6 Å². The normalized spacial score (nSPS) is 11.4. The third-order valence-electron chi connectivity index (χ3n) is 6.27. The minimum absolute atomic E-state index is 0.0379. The number of aromatic hydroxyl groups is 2. The molecule has 1 amide bonds. The van der Waals surface area contributed by atoms with Gasteiger partial charge in [-0.25, -0.2) is 0 Å².